The molecule has 2 aromatic rings. The van der Waals surface area contributed by atoms with E-state index in [4.69, 9.17) is 4.74 Å². The van der Waals surface area contributed by atoms with Crippen molar-refractivity contribution in [2.75, 3.05) is 19.7 Å². The molecule has 4 rings (SSSR count). The number of benzene rings is 2. The van der Waals surface area contributed by atoms with Gasteiger partial charge in [-0.05, 0) is 78.5 Å². The highest BCUT2D eigenvalue weighted by atomic mass is 19.4. The Kier molecular flexibility index (Phi) is 7.54. The van der Waals surface area contributed by atoms with Crippen LogP contribution in [0.15, 0.2) is 42.5 Å². The highest BCUT2D eigenvalue weighted by Gasteiger charge is 2.38. The Labute approximate surface area is 204 Å². The van der Waals surface area contributed by atoms with E-state index in [1.54, 1.807) is 11.0 Å². The van der Waals surface area contributed by atoms with Crippen LogP contribution in [0, 0.1) is 11.8 Å². The SMILES string of the molecule is O=C(O)C[C@H](c1cccc(OCCC2CN(Cc3cc(C(F)(F)F)ccc3C(F)(F)F)C2)c1)C1CC1. The van der Waals surface area contributed by atoms with E-state index in [-0.39, 0.29) is 30.4 Å². The maximum atomic E-state index is 13.3. The van der Waals surface area contributed by atoms with Crippen molar-refractivity contribution in [1.82, 2.24) is 4.90 Å². The Morgan fingerprint density at radius 3 is 2.36 bits per heavy atom. The van der Waals surface area contributed by atoms with Crippen molar-refractivity contribution < 1.29 is 41.0 Å². The number of halogens is 6. The van der Waals surface area contributed by atoms with Gasteiger partial charge in [-0.25, -0.2) is 0 Å². The van der Waals surface area contributed by atoms with E-state index in [0.717, 1.165) is 18.4 Å². The third-order valence-corrected chi connectivity index (χ3v) is 6.83. The summed E-state index contributed by atoms with van der Waals surface area (Å²) in [4.78, 5) is 12.9. The zero-order valence-electron chi connectivity index (χ0n) is 19.4. The number of ether oxygens (including phenoxy) is 1. The molecule has 1 aliphatic carbocycles. The second kappa shape index (κ2) is 10.3. The summed E-state index contributed by atoms with van der Waals surface area (Å²) in [6, 6.07) is 8.96. The molecule has 2 aromatic carbocycles. The maximum absolute atomic E-state index is 13.3. The van der Waals surface area contributed by atoms with Gasteiger partial charge in [0.2, 0.25) is 0 Å². The predicted molar refractivity (Wildman–Crippen MR) is 119 cm³/mol. The number of carbonyl (C=O) groups is 1. The van der Waals surface area contributed by atoms with Gasteiger partial charge in [-0.3, -0.25) is 9.69 Å². The fourth-order valence-corrected chi connectivity index (χ4v) is 4.83. The molecule has 2 aliphatic rings. The monoisotopic (exact) mass is 515 g/mol. The Hall–Kier alpha value is -2.75. The molecular formula is C26H27F6NO3. The molecule has 0 spiro atoms. The van der Waals surface area contributed by atoms with E-state index in [1.807, 2.05) is 18.2 Å². The summed E-state index contributed by atoms with van der Waals surface area (Å²) >= 11 is 0. The molecule has 0 amide bonds. The zero-order valence-corrected chi connectivity index (χ0v) is 19.4. The van der Waals surface area contributed by atoms with Crippen LogP contribution in [0.5, 0.6) is 5.75 Å². The summed E-state index contributed by atoms with van der Waals surface area (Å²) in [5, 5.41) is 9.20. The normalized spacial score (nSPS) is 18.1. The van der Waals surface area contributed by atoms with Crippen LogP contribution in [0.4, 0.5) is 26.3 Å². The van der Waals surface area contributed by atoms with E-state index in [0.29, 0.717) is 56.0 Å². The van der Waals surface area contributed by atoms with Crippen LogP contribution >= 0.6 is 0 Å². The number of alkyl halides is 6. The van der Waals surface area contributed by atoms with Gasteiger partial charge in [-0.15, -0.1) is 0 Å². The van der Waals surface area contributed by atoms with Gasteiger partial charge < -0.3 is 9.84 Å². The van der Waals surface area contributed by atoms with Crippen LogP contribution in [0.25, 0.3) is 0 Å². The van der Waals surface area contributed by atoms with Crippen LogP contribution in [0.3, 0.4) is 0 Å². The minimum atomic E-state index is -4.73. The molecule has 0 unspecified atom stereocenters. The summed E-state index contributed by atoms with van der Waals surface area (Å²) in [5.74, 6) is 0.314. The van der Waals surface area contributed by atoms with Gasteiger partial charge in [0.25, 0.3) is 0 Å². The van der Waals surface area contributed by atoms with Crippen LogP contribution < -0.4 is 4.74 Å². The molecule has 10 heteroatoms. The lowest BCUT2D eigenvalue weighted by atomic mass is 9.91. The fraction of sp³-hybridized carbons (Fsp3) is 0.500. The first-order valence-electron chi connectivity index (χ1n) is 11.8. The highest BCUT2D eigenvalue weighted by molar-refractivity contribution is 5.68. The van der Waals surface area contributed by atoms with Gasteiger partial charge in [0.05, 0.1) is 24.2 Å². The van der Waals surface area contributed by atoms with Gasteiger partial charge in [0, 0.05) is 19.6 Å². The van der Waals surface area contributed by atoms with E-state index in [9.17, 15) is 36.2 Å². The molecule has 0 radical (unpaired) electrons. The molecule has 196 valence electrons. The number of likely N-dealkylation sites (tertiary alicyclic amines) is 1. The lowest BCUT2D eigenvalue weighted by molar-refractivity contribution is -0.142. The summed E-state index contributed by atoms with van der Waals surface area (Å²) < 4.78 is 84.7. The van der Waals surface area contributed by atoms with Gasteiger partial charge >= 0.3 is 18.3 Å². The van der Waals surface area contributed by atoms with Crippen molar-refractivity contribution in [2.24, 2.45) is 11.8 Å². The van der Waals surface area contributed by atoms with Crippen molar-refractivity contribution >= 4 is 5.97 Å². The molecule has 1 saturated heterocycles. The molecule has 36 heavy (non-hydrogen) atoms. The van der Waals surface area contributed by atoms with E-state index < -0.39 is 29.4 Å². The van der Waals surface area contributed by atoms with Crippen LogP contribution in [-0.2, 0) is 23.7 Å². The Balaban J connectivity index is 1.28. The average molecular weight is 515 g/mol. The molecule has 0 bridgehead atoms. The Morgan fingerprint density at radius 1 is 1.03 bits per heavy atom. The lowest BCUT2D eigenvalue weighted by Gasteiger charge is -2.39. The lowest BCUT2D eigenvalue weighted by Crippen LogP contribution is -2.46. The summed E-state index contributed by atoms with van der Waals surface area (Å²) in [7, 11) is 0. The molecule has 1 N–H and O–H groups in total. The molecule has 1 atom stereocenters. The number of carboxylic acids is 1. The van der Waals surface area contributed by atoms with Crippen LogP contribution in [-0.4, -0.2) is 35.7 Å². The van der Waals surface area contributed by atoms with Crippen molar-refractivity contribution in [2.45, 2.75) is 50.5 Å². The second-order valence-corrected chi connectivity index (χ2v) is 9.68. The van der Waals surface area contributed by atoms with Gasteiger partial charge in [-0.2, -0.15) is 26.3 Å². The number of rotatable bonds is 10. The van der Waals surface area contributed by atoms with Gasteiger partial charge in [-0.1, -0.05) is 12.1 Å². The predicted octanol–water partition coefficient (Wildman–Crippen LogP) is 6.59. The summed E-state index contributed by atoms with van der Waals surface area (Å²) in [5.41, 5.74) is -1.58. The second-order valence-electron chi connectivity index (χ2n) is 9.68. The average Bonchev–Trinajstić information content (AvgIpc) is 3.59. The first-order valence-corrected chi connectivity index (χ1v) is 11.8. The molecule has 4 nitrogen and oxygen atoms in total. The van der Waals surface area contributed by atoms with Crippen molar-refractivity contribution in [3.05, 3.63) is 64.7 Å². The van der Waals surface area contributed by atoms with Crippen LogP contribution in [0.1, 0.15) is 53.9 Å². The first kappa shape index (κ1) is 26.3. The zero-order chi connectivity index (χ0) is 26.1. The third kappa shape index (κ3) is 6.72. The molecule has 1 saturated carbocycles. The Bertz CT molecular complexity index is 1070. The number of aliphatic carboxylic acids is 1. The van der Waals surface area contributed by atoms with E-state index in [2.05, 4.69) is 0 Å². The highest BCUT2D eigenvalue weighted by Crippen LogP contribution is 2.45. The minimum Gasteiger partial charge on any atom is -0.494 e. The summed E-state index contributed by atoms with van der Waals surface area (Å²) in [6.07, 6.45) is -6.67. The first-order chi connectivity index (χ1) is 16.9. The fourth-order valence-electron chi connectivity index (χ4n) is 4.83. The van der Waals surface area contributed by atoms with Gasteiger partial charge in [0.15, 0.2) is 0 Å². The van der Waals surface area contributed by atoms with Crippen molar-refractivity contribution in [1.29, 1.82) is 0 Å². The maximum Gasteiger partial charge on any atom is 0.416 e. The topological polar surface area (TPSA) is 49.8 Å². The quantitative estimate of drug-likeness (QED) is 0.363. The standard InChI is InChI=1S/C26H27F6NO3/c27-25(28,29)20-6-7-23(26(30,31)32)19(10-20)15-33-13-16(14-33)8-9-36-21-3-1-2-18(11-21)22(12-24(34)35)17-4-5-17/h1-3,6-7,10-11,16-17,22H,4-5,8-9,12-15H2,(H,34,35)/t22-/m0/s1. The molecule has 2 fully saturated rings. The van der Waals surface area contributed by atoms with Crippen LogP contribution in [0.2, 0.25) is 0 Å². The van der Waals surface area contributed by atoms with E-state index >= 15 is 0 Å². The molecule has 1 heterocycles. The van der Waals surface area contributed by atoms with Crippen molar-refractivity contribution in [3.63, 3.8) is 0 Å². The smallest absolute Gasteiger partial charge is 0.416 e. The minimum absolute atomic E-state index is 0.0383. The molecule has 1 aliphatic heterocycles. The summed E-state index contributed by atoms with van der Waals surface area (Å²) in [6.45, 7) is 1.12. The number of hydrogen-bond donors (Lipinski definition) is 1. The number of hydrogen-bond acceptors (Lipinski definition) is 3. The third-order valence-electron chi connectivity index (χ3n) is 6.83. The van der Waals surface area contributed by atoms with E-state index in [1.165, 1.54) is 0 Å². The van der Waals surface area contributed by atoms with Crippen molar-refractivity contribution in [3.8, 4) is 5.75 Å². The van der Waals surface area contributed by atoms with Gasteiger partial charge in [0.1, 0.15) is 5.75 Å². The molecular weight excluding hydrogens is 488 g/mol. The number of nitrogens with zero attached hydrogens (tertiary/aromatic N) is 1. The Morgan fingerprint density at radius 2 is 1.75 bits per heavy atom. The largest absolute Gasteiger partial charge is 0.494 e. The molecule has 0 aromatic heterocycles. The number of carboxylic acid groups (broad SMARTS) is 1.